The van der Waals surface area contributed by atoms with Crippen molar-refractivity contribution in [3.8, 4) is 0 Å². The molecule has 0 bridgehead atoms. The number of rotatable bonds is 26. The van der Waals surface area contributed by atoms with Crippen LogP contribution < -0.4 is 37.6 Å². The molecule has 0 heterocycles. The number of nitrogens with one attached hydrogen (secondary N) is 6. The number of carboxylic acids is 1. The smallest absolute Gasteiger partial charge is 0.326 e. The van der Waals surface area contributed by atoms with Crippen molar-refractivity contribution < 1.29 is 52.9 Å². The van der Waals surface area contributed by atoms with Crippen molar-refractivity contribution in [2.45, 2.75) is 160 Å². The van der Waals surface area contributed by atoms with Crippen molar-refractivity contribution in [1.29, 1.82) is 0 Å². The maximum Gasteiger partial charge on any atom is 0.326 e. The molecule has 18 nitrogen and oxygen atoms in total. The lowest BCUT2D eigenvalue weighted by Crippen LogP contribution is -2.63. The zero-order chi connectivity index (χ0) is 56.4. The molecular formula is C58H79N7O11. The summed E-state index contributed by atoms with van der Waals surface area (Å²) in [5.41, 5.74) is 5.81. The summed E-state index contributed by atoms with van der Waals surface area (Å²) >= 11 is 0. The van der Waals surface area contributed by atoms with E-state index in [1.807, 2.05) is 112 Å². The van der Waals surface area contributed by atoms with Gasteiger partial charge in [0.15, 0.2) is 0 Å². The highest BCUT2D eigenvalue weighted by molar-refractivity contribution is 5.96. The first-order valence-electron chi connectivity index (χ1n) is 25.6. The number of aliphatic carboxylic acids is 1. The molecule has 0 fully saturated rings. The van der Waals surface area contributed by atoms with E-state index in [-0.39, 0.29) is 25.9 Å². The Morgan fingerprint density at radius 3 is 1.39 bits per heavy atom. The summed E-state index contributed by atoms with van der Waals surface area (Å²) in [5.74, 6) is -5.93. The molecule has 7 atom stereocenters. The molecule has 412 valence electrons. The molecular weight excluding hydrogens is 971 g/mol. The molecule has 0 radical (unpaired) electrons. The Kier molecular flexibility index (Phi) is 22.4. The summed E-state index contributed by atoms with van der Waals surface area (Å²) in [7, 11) is 0. The molecule has 18 heteroatoms. The quantitative estimate of drug-likeness (QED) is 0.0394. The van der Waals surface area contributed by atoms with Crippen molar-refractivity contribution >= 4 is 41.4 Å². The van der Waals surface area contributed by atoms with Gasteiger partial charge in [0.05, 0.1) is 42.2 Å². The van der Waals surface area contributed by atoms with Crippen LogP contribution in [0.4, 0.5) is 0 Å². The summed E-state index contributed by atoms with van der Waals surface area (Å²) in [6.45, 7) is 18.3. The molecule has 9 N–H and O–H groups in total. The second-order valence-electron chi connectivity index (χ2n) is 21.7. The van der Waals surface area contributed by atoms with E-state index in [2.05, 4.69) is 31.9 Å². The third kappa shape index (κ3) is 19.6. The number of carboxylic acid groups (broad SMARTS) is 1. The van der Waals surface area contributed by atoms with Gasteiger partial charge in [0, 0.05) is 12.8 Å². The first-order valence-corrected chi connectivity index (χ1v) is 25.6. The van der Waals surface area contributed by atoms with Crippen molar-refractivity contribution in [3.63, 3.8) is 0 Å². The second kappa shape index (κ2) is 27.7. The van der Waals surface area contributed by atoms with E-state index in [1.165, 1.54) is 0 Å². The Hall–Kier alpha value is -6.99. The molecule has 6 amide bonds. The van der Waals surface area contributed by atoms with Crippen molar-refractivity contribution in [1.82, 2.24) is 31.9 Å². The van der Waals surface area contributed by atoms with Gasteiger partial charge in [-0.25, -0.2) is 4.79 Å². The summed E-state index contributed by atoms with van der Waals surface area (Å²) in [6, 6.07) is 30.1. The number of carbonyl (C=O) groups excluding carboxylic acids is 6. The average molecular weight is 1050 g/mol. The molecule has 0 aliphatic heterocycles. The molecule has 76 heavy (non-hydrogen) atoms. The molecule has 0 unspecified atom stereocenters. The molecule has 0 aliphatic carbocycles. The lowest BCUT2D eigenvalue weighted by atomic mass is 9.77. The predicted molar refractivity (Wildman–Crippen MR) is 289 cm³/mol. The number of benzene rings is 4. The molecule has 0 spiro atoms. The van der Waals surface area contributed by atoms with Gasteiger partial charge in [-0.2, -0.15) is 0 Å². The Bertz CT molecular complexity index is 2430. The van der Waals surface area contributed by atoms with E-state index in [9.17, 15) is 38.7 Å². The number of hydrogen-bond acceptors (Lipinski definition) is 11. The monoisotopic (exact) mass is 1050 g/mol. The number of carbonyl (C=O) groups is 7. The van der Waals surface area contributed by atoms with Crippen LogP contribution in [0.1, 0.15) is 111 Å². The summed E-state index contributed by atoms with van der Waals surface area (Å²) in [4.78, 5) is 96.5. The number of amides is 6. The van der Waals surface area contributed by atoms with Crippen LogP contribution >= 0.6 is 0 Å². The maximum atomic E-state index is 14.5. The second-order valence-corrected chi connectivity index (χ2v) is 21.7. The number of ether oxygens (including phenoxy) is 3. The van der Waals surface area contributed by atoms with Gasteiger partial charge >= 0.3 is 5.97 Å². The Morgan fingerprint density at radius 2 is 0.961 bits per heavy atom. The molecule has 0 aliphatic rings. The fraction of sp³-hybridized carbons (Fsp3) is 0.466. The van der Waals surface area contributed by atoms with Crippen LogP contribution in [-0.4, -0.2) is 119 Å². The van der Waals surface area contributed by atoms with E-state index >= 15 is 0 Å². The zero-order valence-corrected chi connectivity index (χ0v) is 45.7. The van der Waals surface area contributed by atoms with Crippen LogP contribution in [0.3, 0.4) is 0 Å². The lowest BCUT2D eigenvalue weighted by molar-refractivity contribution is -0.142. The third-order valence-electron chi connectivity index (χ3n) is 11.8. The van der Waals surface area contributed by atoms with Crippen molar-refractivity contribution in [2.24, 2.45) is 5.73 Å². The normalized spacial score (nSPS) is 14.8. The van der Waals surface area contributed by atoms with E-state index in [4.69, 9.17) is 19.9 Å². The largest absolute Gasteiger partial charge is 0.480 e. The molecule has 0 aromatic heterocycles. The van der Waals surface area contributed by atoms with Gasteiger partial charge in [-0.05, 0) is 105 Å². The van der Waals surface area contributed by atoms with E-state index in [0.717, 1.165) is 16.7 Å². The highest BCUT2D eigenvalue weighted by Crippen LogP contribution is 2.37. The summed E-state index contributed by atoms with van der Waals surface area (Å²) in [6.07, 6.45) is -2.61. The van der Waals surface area contributed by atoms with Gasteiger partial charge in [0.1, 0.15) is 35.7 Å². The minimum absolute atomic E-state index is 0.0574. The predicted octanol–water partition coefficient (Wildman–Crippen LogP) is 4.81. The van der Waals surface area contributed by atoms with Gasteiger partial charge in [-0.3, -0.25) is 28.8 Å². The Morgan fingerprint density at radius 1 is 0.526 bits per heavy atom. The SMILES string of the molecule is C[C@@H](OC(C)(C)C)[C@H](NC(=O)[C@H](Cc1ccccc1)NC(=O)[C@@H](NC(=O)[C@@H](N)COC(C)(C)C)[C@@H](C)OC(C)(C)C)C(=O)NCC(=O)N[C@@H](CCC(=O)NC(c1ccccc1)(c1ccccc1)c1ccccc1)C(=O)O. The van der Waals surface area contributed by atoms with E-state index in [0.29, 0.717) is 5.56 Å². The average Bonchev–Trinajstić information content (AvgIpc) is 3.35. The molecule has 0 saturated heterocycles. The van der Waals surface area contributed by atoms with Gasteiger partial charge in [0.25, 0.3) is 0 Å². The van der Waals surface area contributed by atoms with Gasteiger partial charge in [-0.1, -0.05) is 121 Å². The Labute approximate surface area is 447 Å². The highest BCUT2D eigenvalue weighted by atomic mass is 16.5. The van der Waals surface area contributed by atoms with Crippen LogP contribution in [0.15, 0.2) is 121 Å². The van der Waals surface area contributed by atoms with E-state index in [1.54, 1.807) is 85.7 Å². The summed E-state index contributed by atoms with van der Waals surface area (Å²) < 4.78 is 18.0. The van der Waals surface area contributed by atoms with Gasteiger partial charge < -0.3 is 57.0 Å². The van der Waals surface area contributed by atoms with Crippen LogP contribution in [0.25, 0.3) is 0 Å². The fourth-order valence-electron chi connectivity index (χ4n) is 8.40. The molecule has 4 aromatic rings. The topological polar surface area (TPSA) is 266 Å². The molecule has 4 aromatic carbocycles. The van der Waals surface area contributed by atoms with Crippen molar-refractivity contribution in [2.75, 3.05) is 13.2 Å². The van der Waals surface area contributed by atoms with Crippen LogP contribution in [0, 0.1) is 0 Å². The Balaban J connectivity index is 1.53. The standard InChI is InChI=1S/C58H79N7O11/c1-37(75-56(6,7)8)48(64-51(69)45(34-39-24-16-12-17-25-39)62-53(71)49(38(2)76-57(9,10)11)63-50(68)43(59)36-74-55(3,4)5)52(70)60-35-47(67)61-44(54(72)73)32-33-46(66)65-58(40-26-18-13-19-27-40,41-28-20-14-21-29-41)42-30-22-15-23-31-42/h12-31,37-38,43-45,48-49H,32-36,59H2,1-11H3,(H,60,70)(H,61,67)(H,62,71)(H,63,68)(H,64,69)(H,65,66)(H,72,73)/t37-,38-,43+,44+,45+,48+,49+/m1/s1. The minimum Gasteiger partial charge on any atom is -0.480 e. The van der Waals surface area contributed by atoms with Crippen LogP contribution in [0.2, 0.25) is 0 Å². The van der Waals surface area contributed by atoms with E-state index < -0.39 is 113 Å². The highest BCUT2D eigenvalue weighted by Gasteiger charge is 2.40. The molecule has 4 rings (SSSR count). The third-order valence-corrected chi connectivity index (χ3v) is 11.8. The zero-order valence-electron chi connectivity index (χ0n) is 45.7. The van der Waals surface area contributed by atoms with Gasteiger partial charge in [-0.15, -0.1) is 0 Å². The lowest BCUT2D eigenvalue weighted by Gasteiger charge is -2.37. The first kappa shape index (κ1) is 61.6. The fourth-order valence-corrected chi connectivity index (χ4v) is 8.40. The first-order chi connectivity index (χ1) is 35.6. The number of hydrogen-bond donors (Lipinski definition) is 8. The number of nitrogens with two attached hydrogens (primary N) is 1. The summed E-state index contributed by atoms with van der Waals surface area (Å²) in [5, 5.41) is 26.5. The van der Waals surface area contributed by atoms with Crippen molar-refractivity contribution in [3.05, 3.63) is 144 Å². The van der Waals surface area contributed by atoms with Crippen LogP contribution in [0.5, 0.6) is 0 Å². The van der Waals surface area contributed by atoms with Crippen LogP contribution in [-0.2, 0) is 59.7 Å². The minimum atomic E-state index is -1.53. The molecule has 0 saturated carbocycles. The maximum absolute atomic E-state index is 14.5. The van der Waals surface area contributed by atoms with Gasteiger partial charge in [0.2, 0.25) is 35.4 Å².